The molecule has 1 aliphatic heterocycles. The van der Waals surface area contributed by atoms with Crippen molar-refractivity contribution in [3.05, 3.63) is 53.9 Å². The summed E-state index contributed by atoms with van der Waals surface area (Å²) in [5, 5.41) is 10.4. The van der Waals surface area contributed by atoms with Crippen molar-refractivity contribution >= 4 is 5.91 Å². The van der Waals surface area contributed by atoms with Gasteiger partial charge in [0.05, 0.1) is 6.10 Å². The van der Waals surface area contributed by atoms with Crippen molar-refractivity contribution in [1.29, 1.82) is 0 Å². The number of aryl methyl sites for hydroxylation is 2. The SMILES string of the molecule is Cc1nccn1CCCC(=O)N1CC[C@H](Cc2ccccc2F)[C@H](O)C1. The number of aliphatic hydroxyl groups excluding tert-OH is 1. The van der Waals surface area contributed by atoms with Crippen molar-refractivity contribution in [3.8, 4) is 0 Å². The van der Waals surface area contributed by atoms with E-state index in [0.717, 1.165) is 18.8 Å². The van der Waals surface area contributed by atoms with Gasteiger partial charge in [0.2, 0.25) is 5.91 Å². The number of carbonyl (C=O) groups is 1. The van der Waals surface area contributed by atoms with E-state index >= 15 is 0 Å². The van der Waals surface area contributed by atoms with Crippen LogP contribution in [0.1, 0.15) is 30.7 Å². The van der Waals surface area contributed by atoms with Crippen molar-refractivity contribution < 1.29 is 14.3 Å². The summed E-state index contributed by atoms with van der Waals surface area (Å²) >= 11 is 0. The normalized spacial score (nSPS) is 20.3. The van der Waals surface area contributed by atoms with E-state index in [9.17, 15) is 14.3 Å². The van der Waals surface area contributed by atoms with E-state index in [0.29, 0.717) is 37.9 Å². The third-order valence-corrected chi connectivity index (χ3v) is 5.23. The average molecular weight is 359 g/mol. The lowest BCUT2D eigenvalue weighted by Gasteiger charge is -2.36. The van der Waals surface area contributed by atoms with Crippen molar-refractivity contribution in [2.75, 3.05) is 13.1 Å². The van der Waals surface area contributed by atoms with Gasteiger partial charge in [-0.3, -0.25) is 4.79 Å². The highest BCUT2D eigenvalue weighted by Crippen LogP contribution is 2.24. The molecule has 3 rings (SSSR count). The Morgan fingerprint density at radius 2 is 2.19 bits per heavy atom. The first-order chi connectivity index (χ1) is 12.5. The molecule has 6 heteroatoms. The second-order valence-electron chi connectivity index (χ2n) is 7.02. The summed E-state index contributed by atoms with van der Waals surface area (Å²) in [4.78, 5) is 18.3. The highest BCUT2D eigenvalue weighted by Gasteiger charge is 2.30. The molecule has 0 unspecified atom stereocenters. The number of aromatic nitrogens is 2. The highest BCUT2D eigenvalue weighted by molar-refractivity contribution is 5.76. The number of hydrogen-bond acceptors (Lipinski definition) is 3. The van der Waals surface area contributed by atoms with Crippen molar-refractivity contribution in [2.24, 2.45) is 5.92 Å². The summed E-state index contributed by atoms with van der Waals surface area (Å²) in [6, 6.07) is 6.69. The predicted molar refractivity (Wildman–Crippen MR) is 97.0 cm³/mol. The minimum absolute atomic E-state index is 0.00968. The molecule has 0 bridgehead atoms. The molecule has 1 aromatic carbocycles. The molecule has 0 radical (unpaired) electrons. The molecule has 2 heterocycles. The third kappa shape index (κ3) is 4.49. The summed E-state index contributed by atoms with van der Waals surface area (Å²) in [5.41, 5.74) is 0.632. The van der Waals surface area contributed by atoms with E-state index in [1.807, 2.05) is 23.8 Å². The maximum absolute atomic E-state index is 13.8. The van der Waals surface area contributed by atoms with Crippen LogP contribution in [0, 0.1) is 18.7 Å². The zero-order valence-electron chi connectivity index (χ0n) is 15.1. The number of carbonyl (C=O) groups excluding carboxylic acids is 1. The largest absolute Gasteiger partial charge is 0.391 e. The van der Waals surface area contributed by atoms with Crippen LogP contribution in [0.15, 0.2) is 36.7 Å². The van der Waals surface area contributed by atoms with Crippen LogP contribution in [0.4, 0.5) is 4.39 Å². The number of aliphatic hydroxyl groups is 1. The number of benzene rings is 1. The van der Waals surface area contributed by atoms with Crippen LogP contribution in [0.5, 0.6) is 0 Å². The fourth-order valence-corrected chi connectivity index (χ4v) is 3.59. The van der Waals surface area contributed by atoms with Gasteiger partial charge in [0.15, 0.2) is 0 Å². The van der Waals surface area contributed by atoms with Crippen LogP contribution in [0.25, 0.3) is 0 Å². The molecule has 1 aliphatic rings. The minimum Gasteiger partial charge on any atom is -0.391 e. The maximum atomic E-state index is 13.8. The van der Waals surface area contributed by atoms with Crippen LogP contribution in [-0.4, -0.2) is 44.7 Å². The van der Waals surface area contributed by atoms with Crippen molar-refractivity contribution in [3.63, 3.8) is 0 Å². The van der Waals surface area contributed by atoms with Gasteiger partial charge in [-0.05, 0) is 43.7 Å². The second kappa shape index (κ2) is 8.45. The van der Waals surface area contributed by atoms with Crippen molar-refractivity contribution in [2.45, 2.75) is 45.3 Å². The Bertz CT molecular complexity index is 746. The van der Waals surface area contributed by atoms with Gasteiger partial charge in [-0.15, -0.1) is 0 Å². The number of piperidine rings is 1. The zero-order valence-corrected chi connectivity index (χ0v) is 15.1. The number of amides is 1. The first-order valence-corrected chi connectivity index (χ1v) is 9.21. The predicted octanol–water partition coefficient (Wildman–Crippen LogP) is 2.56. The number of imidazole rings is 1. The third-order valence-electron chi connectivity index (χ3n) is 5.23. The average Bonchev–Trinajstić information content (AvgIpc) is 3.03. The Morgan fingerprint density at radius 1 is 1.38 bits per heavy atom. The van der Waals surface area contributed by atoms with Crippen LogP contribution in [0.2, 0.25) is 0 Å². The quantitative estimate of drug-likeness (QED) is 0.862. The molecule has 1 amide bonds. The minimum atomic E-state index is -0.608. The van der Waals surface area contributed by atoms with Crippen LogP contribution in [0.3, 0.4) is 0 Å². The number of nitrogens with zero attached hydrogens (tertiary/aromatic N) is 3. The Labute approximate surface area is 153 Å². The van der Waals surface area contributed by atoms with E-state index in [2.05, 4.69) is 4.98 Å². The summed E-state index contributed by atoms with van der Waals surface area (Å²) in [5.74, 6) is 0.783. The molecule has 140 valence electrons. The number of likely N-dealkylation sites (tertiary alicyclic amines) is 1. The molecule has 1 aromatic heterocycles. The molecule has 0 saturated carbocycles. The zero-order chi connectivity index (χ0) is 18.5. The van der Waals surface area contributed by atoms with Gasteiger partial charge in [0.25, 0.3) is 0 Å². The topological polar surface area (TPSA) is 58.4 Å². The number of β-amino-alcohol motifs (C(OH)–C–C–N with tert-alkyl or cyclic N) is 1. The molecular weight excluding hydrogens is 333 g/mol. The number of hydrogen-bond donors (Lipinski definition) is 1. The van der Waals surface area contributed by atoms with Gasteiger partial charge in [-0.2, -0.15) is 0 Å². The second-order valence-corrected chi connectivity index (χ2v) is 7.02. The van der Waals surface area contributed by atoms with Crippen molar-refractivity contribution in [1.82, 2.24) is 14.5 Å². The van der Waals surface area contributed by atoms with E-state index in [4.69, 9.17) is 0 Å². The summed E-state index contributed by atoms with van der Waals surface area (Å²) in [6.45, 7) is 3.67. The van der Waals surface area contributed by atoms with E-state index in [1.165, 1.54) is 6.07 Å². The smallest absolute Gasteiger partial charge is 0.222 e. The van der Waals surface area contributed by atoms with Gasteiger partial charge in [-0.1, -0.05) is 18.2 Å². The van der Waals surface area contributed by atoms with Gasteiger partial charge in [0.1, 0.15) is 11.6 Å². The first kappa shape index (κ1) is 18.6. The molecule has 26 heavy (non-hydrogen) atoms. The molecule has 0 spiro atoms. The summed E-state index contributed by atoms with van der Waals surface area (Å²) < 4.78 is 15.8. The Kier molecular flexibility index (Phi) is 6.04. The van der Waals surface area contributed by atoms with Crippen LogP contribution >= 0.6 is 0 Å². The standard InChI is InChI=1S/C20H26FN3O2/c1-15-22-9-12-23(15)10-4-7-20(26)24-11-8-17(19(25)14-24)13-16-5-2-3-6-18(16)21/h2-3,5-6,9,12,17,19,25H,4,7-8,10-11,13-14H2,1H3/t17-,19-/m1/s1. The van der Waals surface area contributed by atoms with Gasteiger partial charge in [-0.25, -0.2) is 9.37 Å². The van der Waals surface area contributed by atoms with E-state index in [1.54, 1.807) is 23.2 Å². The molecule has 2 aromatic rings. The van der Waals surface area contributed by atoms with E-state index in [-0.39, 0.29) is 17.6 Å². The van der Waals surface area contributed by atoms with E-state index < -0.39 is 6.10 Å². The van der Waals surface area contributed by atoms with Gasteiger partial charge in [0, 0.05) is 38.4 Å². The highest BCUT2D eigenvalue weighted by atomic mass is 19.1. The molecule has 1 N–H and O–H groups in total. The fourth-order valence-electron chi connectivity index (χ4n) is 3.59. The Balaban J connectivity index is 1.46. The Hall–Kier alpha value is -2.21. The number of rotatable bonds is 6. The van der Waals surface area contributed by atoms with Gasteiger partial charge < -0.3 is 14.6 Å². The molecule has 5 nitrogen and oxygen atoms in total. The van der Waals surface area contributed by atoms with Gasteiger partial charge >= 0.3 is 0 Å². The molecule has 1 fully saturated rings. The lowest BCUT2D eigenvalue weighted by Crippen LogP contribution is -2.47. The lowest BCUT2D eigenvalue weighted by molar-refractivity contribution is -0.135. The molecule has 2 atom stereocenters. The summed E-state index contributed by atoms with van der Waals surface area (Å²) in [6.07, 6.45) is 5.48. The first-order valence-electron chi connectivity index (χ1n) is 9.21. The lowest BCUT2D eigenvalue weighted by atomic mass is 9.87. The van der Waals surface area contributed by atoms with Crippen LogP contribution in [-0.2, 0) is 17.8 Å². The fraction of sp³-hybridized carbons (Fsp3) is 0.500. The van der Waals surface area contributed by atoms with Crippen LogP contribution < -0.4 is 0 Å². The molecule has 1 saturated heterocycles. The molecular formula is C20H26FN3O2. The number of halogens is 1. The monoisotopic (exact) mass is 359 g/mol. The molecule has 0 aliphatic carbocycles. The maximum Gasteiger partial charge on any atom is 0.222 e. The Morgan fingerprint density at radius 3 is 2.88 bits per heavy atom. The summed E-state index contributed by atoms with van der Waals surface area (Å²) in [7, 11) is 0.